The van der Waals surface area contributed by atoms with Crippen LogP contribution in [-0.4, -0.2) is 44.3 Å². The Morgan fingerprint density at radius 3 is 2.18 bits per heavy atom. The van der Waals surface area contributed by atoms with Crippen LogP contribution >= 0.6 is 11.6 Å². The minimum absolute atomic E-state index is 0.0344. The first-order valence-electron chi connectivity index (χ1n) is 13.1. The quantitative estimate of drug-likeness (QED) is 0.273. The van der Waals surface area contributed by atoms with Gasteiger partial charge in [-0.3, -0.25) is 13.9 Å². The zero-order valence-electron chi connectivity index (χ0n) is 22.6. The zero-order chi connectivity index (χ0) is 28.4. The third-order valence-electron chi connectivity index (χ3n) is 6.42. The van der Waals surface area contributed by atoms with Gasteiger partial charge in [-0.1, -0.05) is 92.0 Å². The largest absolute Gasteiger partial charge is 0.354 e. The number of sulfonamides is 1. The van der Waals surface area contributed by atoms with Gasteiger partial charge in [0.15, 0.2) is 0 Å². The average Bonchev–Trinajstić information content (AvgIpc) is 2.93. The van der Waals surface area contributed by atoms with Crippen LogP contribution in [0.15, 0.2) is 83.8 Å². The molecule has 208 valence electrons. The van der Waals surface area contributed by atoms with Crippen LogP contribution < -0.4 is 9.62 Å². The summed E-state index contributed by atoms with van der Waals surface area (Å²) in [5.74, 6) is -0.769. The lowest BCUT2D eigenvalue weighted by Crippen LogP contribution is -2.52. The number of nitrogens with zero attached hydrogens (tertiary/aromatic N) is 2. The molecule has 1 N–H and O–H groups in total. The van der Waals surface area contributed by atoms with E-state index in [-0.39, 0.29) is 28.1 Å². The first kappa shape index (κ1) is 30.2. The molecular weight excluding hydrogens is 534 g/mol. The third-order valence-corrected chi connectivity index (χ3v) is 8.51. The van der Waals surface area contributed by atoms with E-state index in [0.29, 0.717) is 13.0 Å². The van der Waals surface area contributed by atoms with Crippen molar-refractivity contribution >= 4 is 39.1 Å². The Kier molecular flexibility index (Phi) is 10.9. The van der Waals surface area contributed by atoms with Gasteiger partial charge in [0.2, 0.25) is 11.8 Å². The van der Waals surface area contributed by atoms with E-state index in [1.165, 1.54) is 17.0 Å². The number of anilines is 1. The number of halogens is 1. The minimum Gasteiger partial charge on any atom is -0.354 e. The van der Waals surface area contributed by atoms with Crippen molar-refractivity contribution in [2.24, 2.45) is 0 Å². The highest BCUT2D eigenvalue weighted by Crippen LogP contribution is 2.30. The Morgan fingerprint density at radius 2 is 1.56 bits per heavy atom. The molecule has 0 bridgehead atoms. The molecule has 39 heavy (non-hydrogen) atoms. The van der Waals surface area contributed by atoms with E-state index in [1.54, 1.807) is 42.5 Å². The molecule has 0 radical (unpaired) electrons. The fraction of sp³-hybridized carbons (Fsp3) is 0.333. The van der Waals surface area contributed by atoms with Gasteiger partial charge >= 0.3 is 0 Å². The van der Waals surface area contributed by atoms with E-state index in [1.807, 2.05) is 45.0 Å². The van der Waals surface area contributed by atoms with Crippen molar-refractivity contribution in [3.05, 3.63) is 95.0 Å². The Balaban J connectivity index is 2.03. The zero-order valence-corrected chi connectivity index (χ0v) is 24.2. The predicted octanol–water partition coefficient (Wildman–Crippen LogP) is 5.57. The van der Waals surface area contributed by atoms with E-state index in [9.17, 15) is 18.0 Å². The molecule has 0 aromatic heterocycles. The lowest BCUT2D eigenvalue weighted by Gasteiger charge is -2.33. The number of amides is 2. The predicted molar refractivity (Wildman–Crippen MR) is 156 cm³/mol. The molecule has 0 fully saturated rings. The summed E-state index contributed by atoms with van der Waals surface area (Å²) in [4.78, 5) is 28.7. The van der Waals surface area contributed by atoms with Crippen molar-refractivity contribution in [2.45, 2.75) is 57.5 Å². The molecule has 3 rings (SSSR count). The maximum atomic E-state index is 14.0. The Bertz CT molecular complexity index is 1350. The molecule has 0 aliphatic carbocycles. The van der Waals surface area contributed by atoms with E-state index < -0.39 is 28.5 Å². The van der Waals surface area contributed by atoms with Gasteiger partial charge in [-0.05, 0) is 49.6 Å². The van der Waals surface area contributed by atoms with Crippen LogP contribution in [0.25, 0.3) is 0 Å². The summed E-state index contributed by atoms with van der Waals surface area (Å²) in [5.41, 5.74) is 2.09. The number of carbonyl (C=O) groups is 2. The highest BCUT2D eigenvalue weighted by molar-refractivity contribution is 7.92. The molecule has 7 nitrogen and oxygen atoms in total. The first-order chi connectivity index (χ1) is 18.7. The maximum absolute atomic E-state index is 14.0. The van der Waals surface area contributed by atoms with E-state index in [4.69, 9.17) is 11.6 Å². The molecule has 9 heteroatoms. The third kappa shape index (κ3) is 7.83. The maximum Gasteiger partial charge on any atom is 0.264 e. The molecular formula is C30H36ClN3O4S. The van der Waals surface area contributed by atoms with Crippen molar-refractivity contribution in [2.75, 3.05) is 17.4 Å². The van der Waals surface area contributed by atoms with Crippen LogP contribution in [0.2, 0.25) is 5.02 Å². The van der Waals surface area contributed by atoms with Gasteiger partial charge in [0.05, 0.1) is 15.6 Å². The van der Waals surface area contributed by atoms with E-state index in [0.717, 1.165) is 28.3 Å². The van der Waals surface area contributed by atoms with Crippen molar-refractivity contribution in [1.29, 1.82) is 0 Å². The number of nitrogens with one attached hydrogen (secondary N) is 1. The van der Waals surface area contributed by atoms with Crippen LogP contribution in [0.5, 0.6) is 0 Å². The molecule has 0 heterocycles. The topological polar surface area (TPSA) is 86.8 Å². The fourth-order valence-electron chi connectivity index (χ4n) is 4.20. The summed E-state index contributed by atoms with van der Waals surface area (Å²) in [6, 6.07) is 21.3. The van der Waals surface area contributed by atoms with Gasteiger partial charge in [-0.25, -0.2) is 8.42 Å². The summed E-state index contributed by atoms with van der Waals surface area (Å²) in [7, 11) is -4.15. The molecule has 0 saturated carbocycles. The summed E-state index contributed by atoms with van der Waals surface area (Å²) >= 11 is 6.44. The number of unbranched alkanes of at least 4 members (excludes halogenated alkanes) is 1. The average molecular weight is 570 g/mol. The Hall–Kier alpha value is -3.36. The van der Waals surface area contributed by atoms with E-state index >= 15 is 0 Å². The molecule has 0 aliphatic rings. The van der Waals surface area contributed by atoms with Gasteiger partial charge in [0.1, 0.15) is 12.6 Å². The summed E-state index contributed by atoms with van der Waals surface area (Å²) in [6.07, 6.45) is 2.12. The van der Waals surface area contributed by atoms with Crippen LogP contribution in [0.3, 0.4) is 0 Å². The van der Waals surface area contributed by atoms with Crippen molar-refractivity contribution in [3.63, 3.8) is 0 Å². The lowest BCUT2D eigenvalue weighted by molar-refractivity contribution is -0.140. The van der Waals surface area contributed by atoms with Crippen molar-refractivity contribution in [1.82, 2.24) is 10.2 Å². The van der Waals surface area contributed by atoms with Gasteiger partial charge in [-0.15, -0.1) is 0 Å². The lowest BCUT2D eigenvalue weighted by atomic mass is 10.1. The second-order valence-corrected chi connectivity index (χ2v) is 11.6. The van der Waals surface area contributed by atoms with E-state index in [2.05, 4.69) is 5.32 Å². The first-order valence-corrected chi connectivity index (χ1v) is 15.0. The number of para-hydroxylation sites is 1. The number of benzene rings is 3. The minimum atomic E-state index is -4.15. The van der Waals surface area contributed by atoms with Crippen LogP contribution in [0, 0.1) is 6.92 Å². The second-order valence-electron chi connectivity index (χ2n) is 9.35. The number of hydrogen-bond acceptors (Lipinski definition) is 4. The van der Waals surface area contributed by atoms with Gasteiger partial charge in [-0.2, -0.15) is 0 Å². The number of rotatable bonds is 13. The summed E-state index contributed by atoms with van der Waals surface area (Å²) in [6.45, 7) is 5.98. The van der Waals surface area contributed by atoms with Crippen molar-refractivity contribution in [3.8, 4) is 0 Å². The highest BCUT2D eigenvalue weighted by Gasteiger charge is 2.34. The highest BCUT2D eigenvalue weighted by atomic mass is 35.5. The standard InChI is InChI=1S/C30H36ClN3O4S/c1-4-6-20-32-30(36)27(5-2)33(21-24-18-16-23(3)17-19-24)29(35)22-34(28-15-11-10-14-26(28)31)39(37,38)25-12-8-7-9-13-25/h7-19,27H,4-6,20-22H2,1-3H3,(H,32,36)/t27-/m1/s1. The fourth-order valence-corrected chi connectivity index (χ4v) is 5.94. The van der Waals surface area contributed by atoms with Gasteiger partial charge < -0.3 is 10.2 Å². The Labute approximate surface area is 236 Å². The van der Waals surface area contributed by atoms with Crippen LogP contribution in [0.4, 0.5) is 5.69 Å². The second kappa shape index (κ2) is 14.1. The SMILES string of the molecule is CCCCNC(=O)[C@@H](CC)N(Cc1ccc(C)cc1)C(=O)CN(c1ccccc1Cl)S(=O)(=O)c1ccccc1. The molecule has 0 spiro atoms. The van der Waals surface area contributed by atoms with Gasteiger partial charge in [0.25, 0.3) is 10.0 Å². The molecule has 3 aromatic rings. The molecule has 0 saturated heterocycles. The summed E-state index contributed by atoms with van der Waals surface area (Å²) in [5, 5.41) is 3.12. The number of aryl methyl sites for hydroxylation is 1. The van der Waals surface area contributed by atoms with Gasteiger partial charge in [0, 0.05) is 13.1 Å². The number of carbonyl (C=O) groups excluding carboxylic acids is 2. The van der Waals surface area contributed by atoms with Crippen LogP contribution in [0.1, 0.15) is 44.2 Å². The molecule has 0 aliphatic heterocycles. The summed E-state index contributed by atoms with van der Waals surface area (Å²) < 4.78 is 28.6. The van der Waals surface area contributed by atoms with Crippen molar-refractivity contribution < 1.29 is 18.0 Å². The smallest absolute Gasteiger partial charge is 0.264 e. The molecule has 1 atom stereocenters. The Morgan fingerprint density at radius 1 is 0.923 bits per heavy atom. The molecule has 2 amide bonds. The number of hydrogen-bond donors (Lipinski definition) is 1. The molecule has 3 aromatic carbocycles. The monoisotopic (exact) mass is 569 g/mol. The van der Waals surface area contributed by atoms with Crippen LogP contribution in [-0.2, 0) is 26.2 Å². The molecule has 0 unspecified atom stereocenters. The normalized spacial score (nSPS) is 12.0.